The maximum absolute atomic E-state index is 6.13. The van der Waals surface area contributed by atoms with Gasteiger partial charge in [0.2, 0.25) is 5.89 Å². The third-order valence-electron chi connectivity index (χ3n) is 3.03. The zero-order chi connectivity index (χ0) is 13.2. The van der Waals surface area contributed by atoms with E-state index in [1.165, 1.54) is 17.1 Å². The first kappa shape index (κ1) is 14.9. The minimum absolute atomic E-state index is 0. The smallest absolute Gasteiger partial charge is 0.276 e. The largest absolute Gasteiger partial charge is 0.414 e. The van der Waals surface area contributed by atoms with Gasteiger partial charge >= 0.3 is 0 Å². The van der Waals surface area contributed by atoms with E-state index in [1.807, 2.05) is 30.7 Å². The van der Waals surface area contributed by atoms with Gasteiger partial charge in [-0.15, -0.1) is 22.6 Å². The van der Waals surface area contributed by atoms with E-state index in [9.17, 15) is 0 Å². The second kappa shape index (κ2) is 6.30. The Labute approximate surface area is 126 Å². The maximum Gasteiger partial charge on any atom is 0.276 e. The Morgan fingerprint density at radius 3 is 2.90 bits per heavy atom. The van der Waals surface area contributed by atoms with E-state index in [4.69, 9.17) is 10.2 Å². The molecule has 5 nitrogen and oxygen atoms in total. The summed E-state index contributed by atoms with van der Waals surface area (Å²) < 4.78 is 5.46. The fraction of sp³-hybridized carbons (Fsp3) is 0.231. The van der Waals surface area contributed by atoms with Crippen molar-refractivity contribution in [2.75, 3.05) is 6.26 Å². The highest BCUT2D eigenvalue weighted by Crippen LogP contribution is 2.23. The number of aromatic amines is 1. The van der Waals surface area contributed by atoms with Crippen molar-refractivity contribution >= 4 is 35.1 Å². The van der Waals surface area contributed by atoms with Crippen molar-refractivity contribution in [1.82, 2.24) is 15.2 Å². The maximum atomic E-state index is 6.13. The quantitative estimate of drug-likeness (QED) is 0.724. The molecule has 3 N–H and O–H groups in total. The van der Waals surface area contributed by atoms with Crippen LogP contribution in [-0.2, 0) is 6.42 Å². The van der Waals surface area contributed by atoms with Crippen LogP contribution in [0.25, 0.3) is 10.9 Å². The molecule has 3 rings (SSSR count). The summed E-state index contributed by atoms with van der Waals surface area (Å²) in [6.07, 6.45) is 4.54. The average Bonchev–Trinajstić information content (AvgIpc) is 3.06. The summed E-state index contributed by atoms with van der Waals surface area (Å²) in [6.45, 7) is 0. The lowest BCUT2D eigenvalue weighted by Crippen LogP contribution is -2.13. The molecule has 0 saturated carbocycles. The topological polar surface area (TPSA) is 80.7 Å². The summed E-state index contributed by atoms with van der Waals surface area (Å²) >= 11 is 1.42. The number of halogens is 1. The number of hydrogen-bond donors (Lipinski definition) is 2. The molecule has 2 heterocycles. The molecule has 1 aromatic carbocycles. The number of para-hydroxylation sites is 1. The highest BCUT2D eigenvalue weighted by molar-refractivity contribution is 7.98. The normalized spacial score (nSPS) is 12.3. The van der Waals surface area contributed by atoms with Crippen molar-refractivity contribution in [3.8, 4) is 0 Å². The highest BCUT2D eigenvalue weighted by Gasteiger charge is 2.16. The van der Waals surface area contributed by atoms with Gasteiger partial charge in [-0.1, -0.05) is 30.0 Å². The lowest BCUT2D eigenvalue weighted by Gasteiger charge is -2.05. The third-order valence-corrected chi connectivity index (χ3v) is 3.54. The molecule has 3 aromatic rings. The Morgan fingerprint density at radius 1 is 1.35 bits per heavy atom. The molecular formula is C13H15ClN4OS. The summed E-state index contributed by atoms with van der Waals surface area (Å²) in [5.74, 6) is 0.481. The van der Waals surface area contributed by atoms with Crippen molar-refractivity contribution in [3.63, 3.8) is 0 Å². The van der Waals surface area contributed by atoms with Gasteiger partial charge < -0.3 is 15.1 Å². The van der Waals surface area contributed by atoms with Gasteiger partial charge in [-0.2, -0.15) is 0 Å². The number of hydrogen-bond acceptors (Lipinski definition) is 5. The van der Waals surface area contributed by atoms with Gasteiger partial charge in [0, 0.05) is 17.1 Å². The molecule has 20 heavy (non-hydrogen) atoms. The van der Waals surface area contributed by atoms with E-state index in [1.54, 1.807) is 0 Å². The monoisotopic (exact) mass is 310 g/mol. The van der Waals surface area contributed by atoms with Gasteiger partial charge in [-0.05, 0) is 24.3 Å². The summed E-state index contributed by atoms with van der Waals surface area (Å²) in [4.78, 5) is 3.24. The number of fused-ring (bicyclic) bond motifs is 1. The number of nitrogens with two attached hydrogens (primary N) is 1. The van der Waals surface area contributed by atoms with Crippen LogP contribution in [0.1, 0.15) is 17.5 Å². The van der Waals surface area contributed by atoms with Gasteiger partial charge in [-0.25, -0.2) is 0 Å². The molecule has 1 atom stereocenters. The molecule has 0 radical (unpaired) electrons. The van der Waals surface area contributed by atoms with E-state index in [2.05, 4.69) is 21.2 Å². The number of rotatable bonds is 4. The summed E-state index contributed by atoms with van der Waals surface area (Å²) in [5.41, 5.74) is 8.40. The molecule has 0 amide bonds. The first-order valence-electron chi connectivity index (χ1n) is 5.96. The van der Waals surface area contributed by atoms with Crippen molar-refractivity contribution < 1.29 is 4.42 Å². The standard InChI is InChI=1S/C13H14N4OS.ClH/c1-19-13-17-16-12(18-13)10(14)6-8-7-15-11-5-3-2-4-9(8)11;/h2-5,7,10,15H,6,14H2,1H3;1H. The van der Waals surface area contributed by atoms with Crippen LogP contribution < -0.4 is 5.73 Å². The van der Waals surface area contributed by atoms with E-state index in [0.29, 0.717) is 17.5 Å². The lowest BCUT2D eigenvalue weighted by atomic mass is 10.1. The molecular weight excluding hydrogens is 296 g/mol. The molecule has 0 aliphatic heterocycles. The molecule has 106 valence electrons. The van der Waals surface area contributed by atoms with Crippen LogP contribution in [0.4, 0.5) is 0 Å². The zero-order valence-corrected chi connectivity index (χ0v) is 12.5. The first-order chi connectivity index (χ1) is 9.28. The predicted molar refractivity (Wildman–Crippen MR) is 82.3 cm³/mol. The Morgan fingerprint density at radius 2 is 2.15 bits per heavy atom. The van der Waals surface area contributed by atoms with Gasteiger partial charge in [0.25, 0.3) is 5.22 Å². The Kier molecular flexibility index (Phi) is 4.69. The van der Waals surface area contributed by atoms with E-state index in [0.717, 1.165) is 11.1 Å². The van der Waals surface area contributed by atoms with Crippen LogP contribution in [0.3, 0.4) is 0 Å². The van der Waals surface area contributed by atoms with Gasteiger partial charge in [0.05, 0.1) is 6.04 Å². The number of benzene rings is 1. The van der Waals surface area contributed by atoms with Gasteiger partial charge in [-0.3, -0.25) is 0 Å². The second-order valence-corrected chi connectivity index (χ2v) is 5.04. The van der Waals surface area contributed by atoms with Crippen LogP contribution >= 0.6 is 24.2 Å². The molecule has 0 aliphatic rings. The highest BCUT2D eigenvalue weighted by atomic mass is 35.5. The number of thioether (sulfide) groups is 1. The molecule has 0 spiro atoms. The van der Waals surface area contributed by atoms with E-state index < -0.39 is 0 Å². The van der Waals surface area contributed by atoms with Gasteiger partial charge in [0.15, 0.2) is 0 Å². The summed E-state index contributed by atoms with van der Waals surface area (Å²) in [6, 6.07) is 7.86. The van der Waals surface area contributed by atoms with Crippen molar-refractivity contribution in [2.24, 2.45) is 5.73 Å². The van der Waals surface area contributed by atoms with Crippen LogP contribution in [0.15, 0.2) is 40.1 Å². The molecule has 1 unspecified atom stereocenters. The Hall–Kier alpha value is -1.50. The van der Waals surface area contributed by atoms with Crippen molar-refractivity contribution in [1.29, 1.82) is 0 Å². The molecule has 0 fully saturated rings. The van der Waals surface area contributed by atoms with E-state index in [-0.39, 0.29) is 18.4 Å². The van der Waals surface area contributed by atoms with Crippen LogP contribution in [0.2, 0.25) is 0 Å². The first-order valence-corrected chi connectivity index (χ1v) is 7.18. The molecule has 0 bridgehead atoms. The fourth-order valence-electron chi connectivity index (χ4n) is 2.08. The van der Waals surface area contributed by atoms with Crippen molar-refractivity contribution in [3.05, 3.63) is 41.9 Å². The van der Waals surface area contributed by atoms with E-state index >= 15 is 0 Å². The number of aromatic nitrogens is 3. The number of nitrogens with one attached hydrogen (secondary N) is 1. The molecule has 2 aromatic heterocycles. The average molecular weight is 311 g/mol. The molecule has 7 heteroatoms. The molecule has 0 aliphatic carbocycles. The third kappa shape index (κ3) is 2.82. The minimum Gasteiger partial charge on any atom is -0.414 e. The van der Waals surface area contributed by atoms with Crippen LogP contribution in [0, 0.1) is 0 Å². The number of nitrogens with zero attached hydrogens (tertiary/aromatic N) is 2. The van der Waals surface area contributed by atoms with Gasteiger partial charge in [0.1, 0.15) is 0 Å². The van der Waals surface area contributed by atoms with Crippen LogP contribution in [-0.4, -0.2) is 21.4 Å². The fourth-order valence-corrected chi connectivity index (χ4v) is 2.37. The SMILES string of the molecule is CSc1nnc(C(N)Cc2c[nH]c3ccccc23)o1.Cl. The minimum atomic E-state index is -0.285. The summed E-state index contributed by atoms with van der Waals surface area (Å²) in [7, 11) is 0. The second-order valence-electron chi connectivity index (χ2n) is 4.28. The Bertz CT molecular complexity index is 696. The zero-order valence-electron chi connectivity index (χ0n) is 10.9. The Balaban J connectivity index is 0.00000147. The molecule has 0 saturated heterocycles. The summed E-state index contributed by atoms with van der Waals surface area (Å²) in [5, 5.41) is 9.61. The lowest BCUT2D eigenvalue weighted by molar-refractivity contribution is 0.386. The van der Waals surface area contributed by atoms with Crippen LogP contribution in [0.5, 0.6) is 0 Å². The predicted octanol–water partition coefficient (Wildman–Crippen LogP) is 2.94. The van der Waals surface area contributed by atoms with Crippen molar-refractivity contribution in [2.45, 2.75) is 17.7 Å². The number of H-pyrrole nitrogens is 1.